The van der Waals surface area contributed by atoms with E-state index in [0.29, 0.717) is 10.7 Å². The van der Waals surface area contributed by atoms with Crippen molar-refractivity contribution < 1.29 is 9.90 Å². The van der Waals surface area contributed by atoms with Crippen molar-refractivity contribution in [3.8, 4) is 5.69 Å². The highest BCUT2D eigenvalue weighted by Gasteiger charge is 2.15. The van der Waals surface area contributed by atoms with Crippen molar-refractivity contribution in [2.75, 3.05) is 0 Å². The number of aromatic nitrogens is 1. The van der Waals surface area contributed by atoms with Crippen LogP contribution < -0.4 is 0 Å². The van der Waals surface area contributed by atoms with Gasteiger partial charge in [-0.2, -0.15) is 0 Å². The molecule has 0 fully saturated rings. The minimum atomic E-state index is -1.00. The molecule has 0 spiro atoms. The normalized spacial score (nSPS) is 11.9. The summed E-state index contributed by atoms with van der Waals surface area (Å²) < 4.78 is 2.18. The molecule has 0 saturated carbocycles. The van der Waals surface area contributed by atoms with Crippen molar-refractivity contribution in [2.24, 2.45) is 4.99 Å². The van der Waals surface area contributed by atoms with Gasteiger partial charge in [-0.15, -0.1) is 0 Å². The second-order valence-corrected chi connectivity index (χ2v) is 8.60. The molecule has 0 aliphatic rings. The van der Waals surface area contributed by atoms with E-state index in [4.69, 9.17) is 16.7 Å². The standard InChI is InChI=1S/C24H25ClN2O2/c1-15-12-18(14-26-22-13-17(23(28)29)6-11-21(22)25)16(2)27(15)20-9-7-19(8-10-20)24(3,4)5/h6-14H,1-5H3,(H,28,29). The van der Waals surface area contributed by atoms with Crippen LogP contribution in [0.1, 0.15) is 53.6 Å². The third kappa shape index (κ3) is 4.43. The SMILES string of the molecule is Cc1cc(C=Nc2cc(C(=O)O)ccc2Cl)c(C)n1-c1ccc(C(C)(C)C)cc1. The summed E-state index contributed by atoms with van der Waals surface area (Å²) in [7, 11) is 0. The van der Waals surface area contributed by atoms with Gasteiger partial charge in [-0.3, -0.25) is 4.99 Å². The van der Waals surface area contributed by atoms with Gasteiger partial charge in [0, 0.05) is 28.9 Å². The highest BCUT2D eigenvalue weighted by molar-refractivity contribution is 6.33. The van der Waals surface area contributed by atoms with Gasteiger partial charge in [0.2, 0.25) is 0 Å². The summed E-state index contributed by atoms with van der Waals surface area (Å²) in [5, 5.41) is 9.58. The van der Waals surface area contributed by atoms with E-state index in [1.54, 1.807) is 12.3 Å². The quantitative estimate of drug-likeness (QED) is 0.501. The minimum Gasteiger partial charge on any atom is -0.478 e. The Morgan fingerprint density at radius 3 is 2.31 bits per heavy atom. The molecule has 2 aromatic carbocycles. The first kappa shape index (κ1) is 20.9. The van der Waals surface area contributed by atoms with Crippen LogP contribution in [0.4, 0.5) is 5.69 Å². The molecule has 0 radical (unpaired) electrons. The van der Waals surface area contributed by atoms with E-state index in [9.17, 15) is 4.79 Å². The third-order valence-electron chi connectivity index (χ3n) is 5.00. The fourth-order valence-electron chi connectivity index (χ4n) is 3.31. The number of halogens is 1. The van der Waals surface area contributed by atoms with Crippen molar-refractivity contribution in [3.05, 3.63) is 81.6 Å². The van der Waals surface area contributed by atoms with Gasteiger partial charge in [-0.25, -0.2) is 4.79 Å². The lowest BCUT2D eigenvalue weighted by molar-refractivity contribution is 0.0697. The Morgan fingerprint density at radius 1 is 1.07 bits per heavy atom. The predicted octanol–water partition coefficient (Wildman–Crippen LogP) is 6.49. The highest BCUT2D eigenvalue weighted by Crippen LogP contribution is 2.28. The van der Waals surface area contributed by atoms with Gasteiger partial charge in [0.25, 0.3) is 0 Å². The summed E-state index contributed by atoms with van der Waals surface area (Å²) in [5.41, 5.74) is 6.20. The van der Waals surface area contributed by atoms with Crippen molar-refractivity contribution in [1.82, 2.24) is 4.57 Å². The third-order valence-corrected chi connectivity index (χ3v) is 5.32. The van der Waals surface area contributed by atoms with E-state index in [2.05, 4.69) is 67.6 Å². The number of hydrogen-bond donors (Lipinski definition) is 1. The Balaban J connectivity index is 1.95. The van der Waals surface area contributed by atoms with Gasteiger partial charge >= 0.3 is 5.97 Å². The molecule has 3 aromatic rings. The fraction of sp³-hybridized carbons (Fsp3) is 0.250. The molecule has 3 rings (SSSR count). The number of carboxylic acid groups (broad SMARTS) is 1. The molecule has 1 aromatic heterocycles. The van der Waals surface area contributed by atoms with E-state index in [0.717, 1.165) is 22.6 Å². The molecule has 0 unspecified atom stereocenters. The molecule has 1 N–H and O–H groups in total. The summed E-state index contributed by atoms with van der Waals surface area (Å²) in [4.78, 5) is 15.6. The van der Waals surface area contributed by atoms with Gasteiger partial charge in [0.1, 0.15) is 0 Å². The first-order valence-corrected chi connectivity index (χ1v) is 9.82. The van der Waals surface area contributed by atoms with E-state index < -0.39 is 5.97 Å². The van der Waals surface area contributed by atoms with Crippen molar-refractivity contribution in [2.45, 2.75) is 40.0 Å². The van der Waals surface area contributed by atoms with Crippen LogP contribution in [-0.4, -0.2) is 21.9 Å². The molecule has 150 valence electrons. The maximum Gasteiger partial charge on any atom is 0.335 e. The van der Waals surface area contributed by atoms with Crippen molar-refractivity contribution in [3.63, 3.8) is 0 Å². The maximum absolute atomic E-state index is 11.2. The first-order chi connectivity index (χ1) is 13.6. The summed E-state index contributed by atoms with van der Waals surface area (Å²) in [6.45, 7) is 10.7. The van der Waals surface area contributed by atoms with Crippen LogP contribution in [-0.2, 0) is 5.41 Å². The number of carbonyl (C=O) groups is 1. The van der Waals surface area contributed by atoms with E-state index in [1.807, 2.05) is 6.92 Å². The smallest absolute Gasteiger partial charge is 0.335 e. The molecule has 0 atom stereocenters. The molecule has 0 amide bonds. The van der Waals surface area contributed by atoms with Gasteiger partial charge in [-0.1, -0.05) is 44.5 Å². The second-order valence-electron chi connectivity index (χ2n) is 8.19. The van der Waals surface area contributed by atoms with E-state index in [1.165, 1.54) is 17.7 Å². The number of carboxylic acids is 1. The average molecular weight is 409 g/mol. The molecule has 1 heterocycles. The van der Waals surface area contributed by atoms with E-state index in [-0.39, 0.29) is 11.0 Å². The Hall–Kier alpha value is -2.85. The monoisotopic (exact) mass is 408 g/mol. The molecule has 0 bridgehead atoms. The Bertz CT molecular complexity index is 1090. The molecule has 5 heteroatoms. The zero-order valence-corrected chi connectivity index (χ0v) is 18.1. The van der Waals surface area contributed by atoms with Crippen molar-refractivity contribution in [1.29, 1.82) is 0 Å². The molecular formula is C24H25ClN2O2. The molecule has 0 aliphatic carbocycles. The lowest BCUT2D eigenvalue weighted by Gasteiger charge is -2.20. The Morgan fingerprint density at radius 2 is 1.72 bits per heavy atom. The number of nitrogens with zero attached hydrogens (tertiary/aromatic N) is 2. The summed E-state index contributed by atoms with van der Waals surface area (Å²) in [5.74, 6) is -1.00. The molecule has 0 aliphatic heterocycles. The number of aryl methyl sites for hydroxylation is 1. The van der Waals surface area contributed by atoms with Crippen LogP contribution in [0.3, 0.4) is 0 Å². The molecule has 4 nitrogen and oxygen atoms in total. The number of aliphatic imine (C=N–C) groups is 1. The Labute approximate surface area is 176 Å². The number of hydrogen-bond acceptors (Lipinski definition) is 2. The van der Waals surface area contributed by atoms with Crippen molar-refractivity contribution >= 4 is 29.5 Å². The topological polar surface area (TPSA) is 54.6 Å². The average Bonchev–Trinajstić information content (AvgIpc) is 2.93. The second kappa shape index (κ2) is 7.88. The summed E-state index contributed by atoms with van der Waals surface area (Å²) >= 11 is 6.18. The largest absolute Gasteiger partial charge is 0.478 e. The van der Waals surface area contributed by atoms with Crippen LogP contribution in [0.15, 0.2) is 53.5 Å². The lowest BCUT2D eigenvalue weighted by Crippen LogP contribution is -2.11. The van der Waals surface area contributed by atoms with Gasteiger partial charge in [-0.05, 0) is 61.2 Å². The van der Waals surface area contributed by atoms with Crippen LogP contribution >= 0.6 is 11.6 Å². The fourth-order valence-corrected chi connectivity index (χ4v) is 3.48. The van der Waals surface area contributed by atoms with Crippen LogP contribution in [0.5, 0.6) is 0 Å². The number of benzene rings is 2. The Kier molecular flexibility index (Phi) is 5.67. The van der Waals surface area contributed by atoms with Crippen LogP contribution in [0.25, 0.3) is 5.69 Å². The van der Waals surface area contributed by atoms with E-state index >= 15 is 0 Å². The predicted molar refractivity (Wildman–Crippen MR) is 120 cm³/mol. The molecule has 0 saturated heterocycles. The lowest BCUT2D eigenvalue weighted by atomic mass is 9.87. The summed E-state index contributed by atoms with van der Waals surface area (Å²) in [6.07, 6.45) is 1.73. The van der Waals surface area contributed by atoms with Gasteiger partial charge in [0.15, 0.2) is 0 Å². The number of aromatic carboxylic acids is 1. The van der Waals surface area contributed by atoms with Crippen LogP contribution in [0.2, 0.25) is 5.02 Å². The number of rotatable bonds is 4. The molecule has 29 heavy (non-hydrogen) atoms. The summed E-state index contributed by atoms with van der Waals surface area (Å²) in [6, 6.07) is 15.2. The van der Waals surface area contributed by atoms with Crippen LogP contribution in [0, 0.1) is 13.8 Å². The first-order valence-electron chi connectivity index (χ1n) is 9.44. The zero-order valence-electron chi connectivity index (χ0n) is 17.3. The highest BCUT2D eigenvalue weighted by atomic mass is 35.5. The van der Waals surface area contributed by atoms with Gasteiger partial charge < -0.3 is 9.67 Å². The zero-order chi connectivity index (χ0) is 21.3. The maximum atomic E-state index is 11.2. The minimum absolute atomic E-state index is 0.112. The molecular weight excluding hydrogens is 384 g/mol. The van der Waals surface area contributed by atoms with Gasteiger partial charge in [0.05, 0.1) is 16.3 Å².